The molecule has 0 bridgehead atoms. The van der Waals surface area contributed by atoms with E-state index in [1.54, 1.807) is 11.0 Å². The molecule has 0 aromatic heterocycles. The van der Waals surface area contributed by atoms with Gasteiger partial charge in [0.1, 0.15) is 0 Å². The standard InChI is InChI=1S/C16H23N3O/c1-4-19(16(20)15(10-18)12(2)3)11-14-8-6-5-7-13(14)9-17/h5-8,12,15H,4,10-11,18H2,1-3H3. The molecule has 1 aromatic carbocycles. The summed E-state index contributed by atoms with van der Waals surface area (Å²) in [6, 6.07) is 9.55. The lowest BCUT2D eigenvalue weighted by molar-refractivity contribution is -0.137. The minimum atomic E-state index is -0.163. The number of nitrogens with zero attached hydrogens (tertiary/aromatic N) is 2. The van der Waals surface area contributed by atoms with Crippen molar-refractivity contribution < 1.29 is 4.79 Å². The van der Waals surface area contributed by atoms with E-state index < -0.39 is 0 Å². The van der Waals surface area contributed by atoms with Crippen LogP contribution in [0.3, 0.4) is 0 Å². The van der Waals surface area contributed by atoms with Gasteiger partial charge in [-0.2, -0.15) is 5.26 Å². The summed E-state index contributed by atoms with van der Waals surface area (Å²) in [6.07, 6.45) is 0. The molecule has 0 fully saturated rings. The number of hydrogen-bond donors (Lipinski definition) is 1. The maximum Gasteiger partial charge on any atom is 0.227 e. The Kier molecular flexibility index (Phi) is 6.20. The third kappa shape index (κ3) is 3.82. The highest BCUT2D eigenvalue weighted by molar-refractivity contribution is 5.79. The van der Waals surface area contributed by atoms with Gasteiger partial charge in [0.2, 0.25) is 5.91 Å². The molecule has 0 saturated carbocycles. The smallest absolute Gasteiger partial charge is 0.227 e. The van der Waals surface area contributed by atoms with Crippen LogP contribution in [0.1, 0.15) is 31.9 Å². The Morgan fingerprint density at radius 1 is 1.40 bits per heavy atom. The highest BCUT2D eigenvalue weighted by Gasteiger charge is 2.25. The zero-order valence-corrected chi connectivity index (χ0v) is 12.5. The Morgan fingerprint density at radius 3 is 2.55 bits per heavy atom. The molecule has 0 aliphatic carbocycles. The lowest BCUT2D eigenvalue weighted by Gasteiger charge is -2.28. The van der Waals surface area contributed by atoms with E-state index in [9.17, 15) is 4.79 Å². The van der Waals surface area contributed by atoms with Crippen LogP contribution >= 0.6 is 0 Å². The Labute approximate surface area is 121 Å². The molecular weight excluding hydrogens is 250 g/mol. The second-order valence-corrected chi connectivity index (χ2v) is 5.21. The Balaban J connectivity index is 2.92. The molecule has 1 rings (SSSR count). The van der Waals surface area contributed by atoms with Crippen molar-refractivity contribution in [1.29, 1.82) is 5.26 Å². The van der Waals surface area contributed by atoms with Gasteiger partial charge in [-0.05, 0) is 24.5 Å². The van der Waals surface area contributed by atoms with Crippen molar-refractivity contribution in [2.75, 3.05) is 13.1 Å². The number of benzene rings is 1. The van der Waals surface area contributed by atoms with Crippen LogP contribution in [0, 0.1) is 23.2 Å². The fraction of sp³-hybridized carbons (Fsp3) is 0.500. The van der Waals surface area contributed by atoms with Crippen LogP contribution < -0.4 is 5.73 Å². The summed E-state index contributed by atoms with van der Waals surface area (Å²) in [5.41, 5.74) is 7.21. The predicted octanol–water partition coefficient (Wildman–Crippen LogP) is 2.14. The summed E-state index contributed by atoms with van der Waals surface area (Å²) < 4.78 is 0. The molecule has 1 atom stereocenters. The number of carbonyl (C=O) groups excluding carboxylic acids is 1. The molecule has 4 nitrogen and oxygen atoms in total. The fourth-order valence-corrected chi connectivity index (χ4v) is 2.21. The zero-order valence-electron chi connectivity index (χ0n) is 12.5. The predicted molar refractivity (Wildman–Crippen MR) is 79.6 cm³/mol. The third-order valence-corrected chi connectivity index (χ3v) is 3.57. The van der Waals surface area contributed by atoms with E-state index in [2.05, 4.69) is 6.07 Å². The quantitative estimate of drug-likeness (QED) is 0.863. The van der Waals surface area contributed by atoms with Crippen molar-refractivity contribution in [3.63, 3.8) is 0 Å². The van der Waals surface area contributed by atoms with E-state index in [0.717, 1.165) is 5.56 Å². The number of rotatable bonds is 6. The van der Waals surface area contributed by atoms with E-state index in [0.29, 0.717) is 25.2 Å². The van der Waals surface area contributed by atoms with Crippen LogP contribution in [-0.4, -0.2) is 23.9 Å². The molecular formula is C16H23N3O. The van der Waals surface area contributed by atoms with Gasteiger partial charge in [0.25, 0.3) is 0 Å². The molecule has 108 valence electrons. The summed E-state index contributed by atoms with van der Waals surface area (Å²) in [5.74, 6) is 0.120. The molecule has 4 heteroatoms. The summed E-state index contributed by atoms with van der Waals surface area (Å²) in [4.78, 5) is 14.3. The number of nitrogens with two attached hydrogens (primary N) is 1. The van der Waals surface area contributed by atoms with Crippen molar-refractivity contribution in [1.82, 2.24) is 4.90 Å². The van der Waals surface area contributed by atoms with Crippen LogP contribution in [0.25, 0.3) is 0 Å². The van der Waals surface area contributed by atoms with Gasteiger partial charge in [-0.3, -0.25) is 4.79 Å². The van der Waals surface area contributed by atoms with Crippen LogP contribution in [0.4, 0.5) is 0 Å². The number of hydrogen-bond acceptors (Lipinski definition) is 3. The summed E-state index contributed by atoms with van der Waals surface area (Å²) in [6.45, 7) is 7.39. The minimum Gasteiger partial charge on any atom is -0.338 e. The first-order valence-corrected chi connectivity index (χ1v) is 7.02. The van der Waals surface area contributed by atoms with Crippen LogP contribution in [0.2, 0.25) is 0 Å². The van der Waals surface area contributed by atoms with Crippen LogP contribution in [0.15, 0.2) is 24.3 Å². The van der Waals surface area contributed by atoms with Crippen LogP contribution in [0.5, 0.6) is 0 Å². The van der Waals surface area contributed by atoms with E-state index >= 15 is 0 Å². The van der Waals surface area contributed by atoms with Gasteiger partial charge >= 0.3 is 0 Å². The molecule has 0 spiro atoms. The Morgan fingerprint density at radius 2 is 2.05 bits per heavy atom. The van der Waals surface area contributed by atoms with Gasteiger partial charge < -0.3 is 10.6 Å². The fourth-order valence-electron chi connectivity index (χ4n) is 2.21. The topological polar surface area (TPSA) is 70.1 Å². The van der Waals surface area contributed by atoms with Gasteiger partial charge in [0.05, 0.1) is 17.6 Å². The van der Waals surface area contributed by atoms with Gasteiger partial charge in [-0.15, -0.1) is 0 Å². The highest BCUT2D eigenvalue weighted by atomic mass is 16.2. The van der Waals surface area contributed by atoms with E-state index in [4.69, 9.17) is 11.0 Å². The first-order valence-electron chi connectivity index (χ1n) is 7.02. The summed E-state index contributed by atoms with van der Waals surface area (Å²) in [7, 11) is 0. The van der Waals surface area contributed by atoms with Gasteiger partial charge in [0.15, 0.2) is 0 Å². The Hall–Kier alpha value is -1.86. The third-order valence-electron chi connectivity index (χ3n) is 3.57. The molecule has 0 aliphatic heterocycles. The summed E-state index contributed by atoms with van der Waals surface area (Å²) >= 11 is 0. The lowest BCUT2D eigenvalue weighted by Crippen LogP contribution is -2.41. The molecule has 1 unspecified atom stereocenters. The SMILES string of the molecule is CCN(Cc1ccccc1C#N)C(=O)C(CN)C(C)C. The lowest BCUT2D eigenvalue weighted by atomic mass is 9.94. The second-order valence-electron chi connectivity index (χ2n) is 5.21. The molecule has 0 aliphatic rings. The number of amides is 1. The van der Waals surface area contributed by atoms with Crippen molar-refractivity contribution >= 4 is 5.91 Å². The maximum absolute atomic E-state index is 12.5. The number of nitriles is 1. The molecule has 2 N–H and O–H groups in total. The van der Waals surface area contributed by atoms with Crippen molar-refractivity contribution in [3.8, 4) is 6.07 Å². The molecule has 0 radical (unpaired) electrons. The molecule has 20 heavy (non-hydrogen) atoms. The highest BCUT2D eigenvalue weighted by Crippen LogP contribution is 2.17. The first kappa shape index (κ1) is 16.2. The first-order chi connectivity index (χ1) is 9.54. The van der Waals surface area contributed by atoms with Crippen molar-refractivity contribution in [2.45, 2.75) is 27.3 Å². The van der Waals surface area contributed by atoms with E-state index in [-0.39, 0.29) is 17.7 Å². The monoisotopic (exact) mass is 273 g/mol. The molecule has 0 heterocycles. The van der Waals surface area contributed by atoms with Crippen molar-refractivity contribution in [2.24, 2.45) is 17.6 Å². The maximum atomic E-state index is 12.5. The zero-order chi connectivity index (χ0) is 15.1. The number of carbonyl (C=O) groups is 1. The van der Waals surface area contributed by atoms with E-state index in [1.807, 2.05) is 39.0 Å². The second kappa shape index (κ2) is 7.66. The average Bonchev–Trinajstić information content (AvgIpc) is 2.45. The largest absolute Gasteiger partial charge is 0.338 e. The average molecular weight is 273 g/mol. The van der Waals surface area contributed by atoms with Gasteiger partial charge in [-0.25, -0.2) is 0 Å². The molecule has 0 saturated heterocycles. The molecule has 1 aromatic rings. The van der Waals surface area contributed by atoms with E-state index in [1.165, 1.54) is 0 Å². The molecule has 1 amide bonds. The van der Waals surface area contributed by atoms with Gasteiger partial charge in [-0.1, -0.05) is 32.0 Å². The normalized spacial score (nSPS) is 12.0. The van der Waals surface area contributed by atoms with Gasteiger partial charge in [0, 0.05) is 19.6 Å². The summed E-state index contributed by atoms with van der Waals surface area (Å²) in [5, 5.41) is 9.11. The minimum absolute atomic E-state index is 0.0674. The Bertz CT molecular complexity index is 491. The van der Waals surface area contributed by atoms with Crippen LogP contribution in [-0.2, 0) is 11.3 Å². The van der Waals surface area contributed by atoms with Crippen molar-refractivity contribution in [3.05, 3.63) is 35.4 Å².